The van der Waals surface area contributed by atoms with Crippen molar-refractivity contribution in [1.29, 1.82) is 0 Å². The highest BCUT2D eigenvalue weighted by Gasteiger charge is 2.12. The minimum absolute atomic E-state index is 0.191. The van der Waals surface area contributed by atoms with Crippen LogP contribution in [0.25, 0.3) is 0 Å². The summed E-state index contributed by atoms with van der Waals surface area (Å²) in [6, 6.07) is 8.94. The molecular formula is C17H20ClFN2. The van der Waals surface area contributed by atoms with Crippen LogP contribution >= 0.6 is 11.6 Å². The van der Waals surface area contributed by atoms with E-state index in [2.05, 4.69) is 17.2 Å². The van der Waals surface area contributed by atoms with E-state index in [0.29, 0.717) is 5.02 Å². The average Bonchev–Trinajstić information content (AvgIpc) is 2.47. The second-order valence-electron chi connectivity index (χ2n) is 5.16. The minimum Gasteiger partial charge on any atom is -0.313 e. The van der Waals surface area contributed by atoms with Crippen LogP contribution in [0.5, 0.6) is 0 Å². The van der Waals surface area contributed by atoms with Crippen LogP contribution in [0.3, 0.4) is 0 Å². The van der Waals surface area contributed by atoms with Crippen molar-refractivity contribution < 1.29 is 4.39 Å². The SMILES string of the molecule is CCCNC(Cc1cccc(F)c1)Cc1ccncc1Cl. The Hall–Kier alpha value is -1.45. The molecule has 21 heavy (non-hydrogen) atoms. The fraction of sp³-hybridized carbons (Fsp3) is 0.353. The highest BCUT2D eigenvalue weighted by Crippen LogP contribution is 2.17. The predicted molar refractivity (Wildman–Crippen MR) is 85.1 cm³/mol. The van der Waals surface area contributed by atoms with Crippen LogP contribution in [-0.2, 0) is 12.8 Å². The molecule has 1 aromatic carbocycles. The maximum atomic E-state index is 13.3. The van der Waals surface area contributed by atoms with Gasteiger partial charge in [-0.05, 0) is 55.1 Å². The summed E-state index contributed by atoms with van der Waals surface area (Å²) < 4.78 is 13.3. The van der Waals surface area contributed by atoms with E-state index in [4.69, 9.17) is 11.6 Å². The topological polar surface area (TPSA) is 24.9 Å². The summed E-state index contributed by atoms with van der Waals surface area (Å²) in [7, 11) is 0. The van der Waals surface area contributed by atoms with E-state index in [9.17, 15) is 4.39 Å². The van der Waals surface area contributed by atoms with Gasteiger partial charge in [0.2, 0.25) is 0 Å². The van der Waals surface area contributed by atoms with Gasteiger partial charge in [-0.25, -0.2) is 4.39 Å². The van der Waals surface area contributed by atoms with Crippen molar-refractivity contribution in [3.63, 3.8) is 0 Å². The third-order valence-electron chi connectivity index (χ3n) is 3.38. The molecule has 2 aromatic rings. The Labute approximate surface area is 130 Å². The fourth-order valence-corrected chi connectivity index (χ4v) is 2.54. The Bertz CT molecular complexity index is 574. The van der Waals surface area contributed by atoms with Crippen LogP contribution in [0.1, 0.15) is 24.5 Å². The van der Waals surface area contributed by atoms with E-state index in [1.807, 2.05) is 12.1 Å². The maximum Gasteiger partial charge on any atom is 0.123 e. The van der Waals surface area contributed by atoms with Crippen molar-refractivity contribution in [2.24, 2.45) is 0 Å². The Morgan fingerprint density at radius 1 is 1.29 bits per heavy atom. The van der Waals surface area contributed by atoms with Gasteiger partial charge in [0.05, 0.1) is 5.02 Å². The molecule has 1 N–H and O–H groups in total. The molecule has 2 rings (SSSR count). The van der Waals surface area contributed by atoms with Crippen molar-refractivity contribution in [1.82, 2.24) is 10.3 Å². The number of aromatic nitrogens is 1. The molecule has 0 aliphatic rings. The highest BCUT2D eigenvalue weighted by atomic mass is 35.5. The number of benzene rings is 1. The molecule has 0 amide bonds. The molecule has 1 aromatic heterocycles. The summed E-state index contributed by atoms with van der Waals surface area (Å²) in [6.45, 7) is 3.06. The second-order valence-corrected chi connectivity index (χ2v) is 5.56. The molecule has 112 valence electrons. The molecular weight excluding hydrogens is 287 g/mol. The monoisotopic (exact) mass is 306 g/mol. The zero-order valence-corrected chi connectivity index (χ0v) is 12.9. The van der Waals surface area contributed by atoms with E-state index in [1.54, 1.807) is 24.5 Å². The number of hydrogen-bond acceptors (Lipinski definition) is 2. The summed E-state index contributed by atoms with van der Waals surface area (Å²) in [5.74, 6) is -0.191. The third-order valence-corrected chi connectivity index (χ3v) is 3.72. The fourth-order valence-electron chi connectivity index (χ4n) is 2.35. The summed E-state index contributed by atoms with van der Waals surface area (Å²) >= 11 is 6.18. The average molecular weight is 307 g/mol. The first-order valence-electron chi connectivity index (χ1n) is 7.25. The lowest BCUT2D eigenvalue weighted by Crippen LogP contribution is -2.34. The first kappa shape index (κ1) is 15.9. The lowest BCUT2D eigenvalue weighted by atomic mass is 9.99. The Morgan fingerprint density at radius 2 is 2.14 bits per heavy atom. The molecule has 0 bridgehead atoms. The Balaban J connectivity index is 2.09. The molecule has 0 radical (unpaired) electrons. The van der Waals surface area contributed by atoms with Gasteiger partial charge in [-0.1, -0.05) is 30.7 Å². The zero-order valence-electron chi connectivity index (χ0n) is 12.2. The van der Waals surface area contributed by atoms with Crippen molar-refractivity contribution in [2.45, 2.75) is 32.2 Å². The van der Waals surface area contributed by atoms with Gasteiger partial charge in [-0.2, -0.15) is 0 Å². The first-order chi connectivity index (χ1) is 10.2. The van der Waals surface area contributed by atoms with Crippen molar-refractivity contribution in [3.8, 4) is 0 Å². The van der Waals surface area contributed by atoms with Crippen LogP contribution in [-0.4, -0.2) is 17.6 Å². The van der Waals surface area contributed by atoms with Crippen molar-refractivity contribution in [2.75, 3.05) is 6.54 Å². The smallest absolute Gasteiger partial charge is 0.123 e. The summed E-state index contributed by atoms with van der Waals surface area (Å²) in [5, 5.41) is 4.19. The lowest BCUT2D eigenvalue weighted by Gasteiger charge is -2.19. The van der Waals surface area contributed by atoms with Crippen LogP contribution in [0.4, 0.5) is 4.39 Å². The largest absolute Gasteiger partial charge is 0.313 e. The van der Waals surface area contributed by atoms with Gasteiger partial charge in [-0.15, -0.1) is 0 Å². The molecule has 0 aliphatic heterocycles. The lowest BCUT2D eigenvalue weighted by molar-refractivity contribution is 0.503. The number of halogens is 2. The molecule has 0 saturated carbocycles. The number of nitrogens with zero attached hydrogens (tertiary/aromatic N) is 1. The summed E-state index contributed by atoms with van der Waals surface area (Å²) in [5.41, 5.74) is 2.06. The minimum atomic E-state index is -0.191. The van der Waals surface area contributed by atoms with E-state index in [1.165, 1.54) is 6.07 Å². The zero-order chi connectivity index (χ0) is 15.1. The van der Waals surface area contributed by atoms with Gasteiger partial charge in [0.15, 0.2) is 0 Å². The molecule has 2 nitrogen and oxygen atoms in total. The molecule has 0 saturated heterocycles. The van der Waals surface area contributed by atoms with Crippen LogP contribution < -0.4 is 5.32 Å². The van der Waals surface area contributed by atoms with Crippen molar-refractivity contribution >= 4 is 11.6 Å². The van der Waals surface area contributed by atoms with E-state index < -0.39 is 0 Å². The van der Waals surface area contributed by atoms with E-state index in [-0.39, 0.29) is 11.9 Å². The summed E-state index contributed by atoms with van der Waals surface area (Å²) in [6.07, 6.45) is 6.05. The summed E-state index contributed by atoms with van der Waals surface area (Å²) in [4.78, 5) is 4.01. The van der Waals surface area contributed by atoms with Crippen LogP contribution in [0, 0.1) is 5.82 Å². The van der Waals surface area contributed by atoms with E-state index >= 15 is 0 Å². The normalized spacial score (nSPS) is 12.3. The molecule has 0 aliphatic carbocycles. The molecule has 0 fully saturated rings. The predicted octanol–water partition coefficient (Wildman–Crippen LogP) is 4.03. The standard InChI is InChI=1S/C17H20ClFN2/c1-2-7-21-16(10-13-4-3-5-15(19)9-13)11-14-6-8-20-12-17(14)18/h3-6,8-9,12,16,21H,2,7,10-11H2,1H3. The third kappa shape index (κ3) is 5.10. The second kappa shape index (κ2) is 8.11. The quantitative estimate of drug-likeness (QED) is 0.835. The van der Waals surface area contributed by atoms with Crippen LogP contribution in [0.15, 0.2) is 42.7 Å². The molecule has 1 unspecified atom stereocenters. The molecule has 4 heteroatoms. The highest BCUT2D eigenvalue weighted by molar-refractivity contribution is 6.31. The van der Waals surface area contributed by atoms with Gasteiger partial charge < -0.3 is 5.32 Å². The maximum absolute atomic E-state index is 13.3. The number of hydrogen-bond donors (Lipinski definition) is 1. The van der Waals surface area contributed by atoms with Crippen LogP contribution in [0.2, 0.25) is 5.02 Å². The van der Waals surface area contributed by atoms with E-state index in [0.717, 1.165) is 36.9 Å². The number of rotatable bonds is 7. The molecule has 1 heterocycles. The Kier molecular flexibility index (Phi) is 6.15. The first-order valence-corrected chi connectivity index (χ1v) is 7.63. The van der Waals surface area contributed by atoms with Gasteiger partial charge >= 0.3 is 0 Å². The molecule has 1 atom stereocenters. The van der Waals surface area contributed by atoms with Crippen molar-refractivity contribution in [3.05, 3.63) is 64.7 Å². The molecule has 0 spiro atoms. The number of pyridine rings is 1. The van der Waals surface area contributed by atoms with Gasteiger partial charge in [0.25, 0.3) is 0 Å². The van der Waals surface area contributed by atoms with Gasteiger partial charge in [0.1, 0.15) is 5.82 Å². The van der Waals surface area contributed by atoms with Gasteiger partial charge in [0, 0.05) is 18.4 Å². The number of nitrogens with one attached hydrogen (secondary N) is 1. The van der Waals surface area contributed by atoms with Gasteiger partial charge in [-0.3, -0.25) is 4.98 Å². The Morgan fingerprint density at radius 3 is 2.86 bits per heavy atom.